The maximum atomic E-state index is 9.80. The Hall–Kier alpha value is -1.44. The normalized spacial score (nSPS) is 12.2. The fraction of sp³-hybridized carbons (Fsp3) is 0.333. The fourth-order valence-electron chi connectivity index (χ4n) is 1.60. The number of hydrogen-bond acceptors (Lipinski definition) is 2. The van der Waals surface area contributed by atoms with E-state index in [4.69, 9.17) is 4.42 Å². The highest BCUT2D eigenvalue weighted by Crippen LogP contribution is 2.34. The lowest BCUT2D eigenvalue weighted by Gasteiger charge is -2.20. The van der Waals surface area contributed by atoms with E-state index in [1.165, 1.54) is 0 Å². The second kappa shape index (κ2) is 2.77. The molecule has 2 aromatic rings. The Morgan fingerprint density at radius 3 is 2.57 bits per heavy atom. The van der Waals surface area contributed by atoms with E-state index in [-0.39, 0.29) is 5.41 Å². The zero-order valence-electron chi connectivity index (χ0n) is 8.66. The third-order valence-electron chi connectivity index (χ3n) is 2.38. The van der Waals surface area contributed by atoms with Gasteiger partial charge >= 0.3 is 0 Å². The molecule has 0 aliphatic heterocycles. The topological polar surface area (TPSA) is 33.4 Å². The van der Waals surface area contributed by atoms with Gasteiger partial charge in [0.25, 0.3) is 0 Å². The van der Waals surface area contributed by atoms with Crippen molar-refractivity contribution in [1.82, 2.24) is 0 Å². The van der Waals surface area contributed by atoms with Crippen molar-refractivity contribution in [1.29, 1.82) is 0 Å². The van der Waals surface area contributed by atoms with E-state index in [1.807, 2.05) is 12.1 Å². The van der Waals surface area contributed by atoms with Gasteiger partial charge in [-0.1, -0.05) is 20.8 Å². The summed E-state index contributed by atoms with van der Waals surface area (Å²) in [6, 6.07) is 5.56. The van der Waals surface area contributed by atoms with Crippen LogP contribution in [0.3, 0.4) is 0 Å². The molecule has 74 valence electrons. The van der Waals surface area contributed by atoms with E-state index in [9.17, 15) is 5.11 Å². The van der Waals surface area contributed by atoms with Crippen LogP contribution in [0, 0.1) is 0 Å². The van der Waals surface area contributed by atoms with Gasteiger partial charge in [-0.3, -0.25) is 0 Å². The molecule has 1 aromatic heterocycles. The van der Waals surface area contributed by atoms with Crippen LogP contribution in [0.4, 0.5) is 0 Å². The lowest BCUT2D eigenvalue weighted by Crippen LogP contribution is -2.10. The number of benzene rings is 1. The molecule has 0 fully saturated rings. The van der Waals surface area contributed by atoms with Crippen LogP contribution in [0.1, 0.15) is 26.3 Å². The number of hydrogen-bond donors (Lipinski definition) is 1. The van der Waals surface area contributed by atoms with Gasteiger partial charge in [-0.25, -0.2) is 0 Å². The first kappa shape index (κ1) is 9.13. The van der Waals surface area contributed by atoms with Crippen molar-refractivity contribution in [3.05, 3.63) is 30.0 Å². The predicted molar refractivity (Wildman–Crippen MR) is 56.6 cm³/mol. The van der Waals surface area contributed by atoms with Crippen LogP contribution in [-0.4, -0.2) is 5.11 Å². The maximum Gasteiger partial charge on any atom is 0.137 e. The number of phenolic OH excluding ortho intramolecular Hbond substituents is 1. The molecule has 0 saturated heterocycles. The van der Waals surface area contributed by atoms with Crippen LogP contribution in [-0.2, 0) is 5.41 Å². The highest BCUT2D eigenvalue weighted by Gasteiger charge is 2.19. The van der Waals surface area contributed by atoms with Crippen LogP contribution in [0.25, 0.3) is 11.0 Å². The Bertz CT molecular complexity index is 461. The van der Waals surface area contributed by atoms with Gasteiger partial charge in [-0.05, 0) is 17.5 Å². The predicted octanol–water partition coefficient (Wildman–Crippen LogP) is 3.44. The summed E-state index contributed by atoms with van der Waals surface area (Å²) in [6.45, 7) is 6.23. The Kier molecular flexibility index (Phi) is 1.81. The second-order valence-electron chi connectivity index (χ2n) is 4.58. The van der Waals surface area contributed by atoms with E-state index in [0.717, 1.165) is 16.5 Å². The Morgan fingerprint density at radius 2 is 1.93 bits per heavy atom. The van der Waals surface area contributed by atoms with E-state index in [2.05, 4.69) is 20.8 Å². The Morgan fingerprint density at radius 1 is 1.21 bits per heavy atom. The third-order valence-corrected chi connectivity index (χ3v) is 2.38. The van der Waals surface area contributed by atoms with Crippen molar-refractivity contribution in [2.24, 2.45) is 0 Å². The zero-order chi connectivity index (χ0) is 10.3. The first-order valence-electron chi connectivity index (χ1n) is 4.69. The van der Waals surface area contributed by atoms with Crippen molar-refractivity contribution < 1.29 is 9.52 Å². The molecule has 0 unspecified atom stereocenters. The molecule has 0 bridgehead atoms. The molecule has 0 saturated carbocycles. The number of fused-ring (bicyclic) bond motifs is 1. The molecule has 1 heterocycles. The average molecular weight is 190 g/mol. The van der Waals surface area contributed by atoms with Gasteiger partial charge < -0.3 is 9.52 Å². The quantitative estimate of drug-likeness (QED) is 0.690. The molecule has 14 heavy (non-hydrogen) atoms. The molecule has 0 radical (unpaired) electrons. The van der Waals surface area contributed by atoms with Crippen molar-refractivity contribution in [3.8, 4) is 5.75 Å². The first-order valence-corrected chi connectivity index (χ1v) is 4.69. The van der Waals surface area contributed by atoms with Gasteiger partial charge in [0.05, 0.1) is 6.26 Å². The number of rotatable bonds is 0. The standard InChI is InChI=1S/C12H14O2/c1-12(2,3)9-6-8-4-5-14-11(8)7-10(9)13/h4-7,13H,1-3H3. The molecule has 0 atom stereocenters. The monoisotopic (exact) mass is 190 g/mol. The summed E-state index contributed by atoms with van der Waals surface area (Å²) >= 11 is 0. The summed E-state index contributed by atoms with van der Waals surface area (Å²) in [5, 5.41) is 10.8. The summed E-state index contributed by atoms with van der Waals surface area (Å²) in [7, 11) is 0. The molecule has 0 aliphatic carbocycles. The molecule has 1 aromatic carbocycles. The molecule has 2 rings (SSSR count). The molecule has 0 spiro atoms. The summed E-state index contributed by atoms with van der Waals surface area (Å²) < 4.78 is 5.21. The molecular formula is C12H14O2. The zero-order valence-corrected chi connectivity index (χ0v) is 8.66. The van der Waals surface area contributed by atoms with Gasteiger partial charge in [-0.15, -0.1) is 0 Å². The highest BCUT2D eigenvalue weighted by molar-refractivity contribution is 5.80. The van der Waals surface area contributed by atoms with Gasteiger partial charge in [0.2, 0.25) is 0 Å². The second-order valence-corrected chi connectivity index (χ2v) is 4.58. The molecule has 0 amide bonds. The van der Waals surface area contributed by atoms with Crippen molar-refractivity contribution in [2.75, 3.05) is 0 Å². The van der Waals surface area contributed by atoms with E-state index >= 15 is 0 Å². The molecule has 2 heteroatoms. The summed E-state index contributed by atoms with van der Waals surface area (Å²) in [6.07, 6.45) is 1.64. The van der Waals surface area contributed by atoms with E-state index < -0.39 is 0 Å². The number of phenols is 1. The van der Waals surface area contributed by atoms with Gasteiger partial charge in [-0.2, -0.15) is 0 Å². The smallest absolute Gasteiger partial charge is 0.137 e. The van der Waals surface area contributed by atoms with Crippen molar-refractivity contribution in [3.63, 3.8) is 0 Å². The van der Waals surface area contributed by atoms with Crippen LogP contribution in [0.2, 0.25) is 0 Å². The minimum absolute atomic E-state index is 0.0461. The third kappa shape index (κ3) is 1.37. The minimum atomic E-state index is -0.0461. The summed E-state index contributed by atoms with van der Waals surface area (Å²) in [5.41, 5.74) is 1.64. The van der Waals surface area contributed by atoms with Crippen LogP contribution >= 0.6 is 0 Å². The van der Waals surface area contributed by atoms with Gasteiger partial charge in [0, 0.05) is 17.0 Å². The van der Waals surface area contributed by atoms with Crippen molar-refractivity contribution >= 4 is 11.0 Å². The average Bonchev–Trinajstić information content (AvgIpc) is 2.47. The lowest BCUT2D eigenvalue weighted by atomic mass is 9.86. The van der Waals surface area contributed by atoms with E-state index in [0.29, 0.717) is 5.75 Å². The summed E-state index contributed by atoms with van der Waals surface area (Å²) in [4.78, 5) is 0. The number of aromatic hydroxyl groups is 1. The van der Waals surface area contributed by atoms with Crippen LogP contribution in [0.15, 0.2) is 28.9 Å². The van der Waals surface area contributed by atoms with E-state index in [1.54, 1.807) is 12.3 Å². The number of furan rings is 1. The van der Waals surface area contributed by atoms with Crippen LogP contribution in [0.5, 0.6) is 5.75 Å². The molecule has 0 aliphatic rings. The largest absolute Gasteiger partial charge is 0.508 e. The fourth-order valence-corrected chi connectivity index (χ4v) is 1.60. The summed E-state index contributed by atoms with van der Waals surface area (Å²) in [5.74, 6) is 0.306. The molecule has 2 nitrogen and oxygen atoms in total. The Labute approximate surface area is 83.2 Å². The van der Waals surface area contributed by atoms with Gasteiger partial charge in [0.15, 0.2) is 0 Å². The molecule has 1 N–H and O–H groups in total. The maximum absolute atomic E-state index is 9.80. The first-order chi connectivity index (χ1) is 6.48. The van der Waals surface area contributed by atoms with Crippen LogP contribution < -0.4 is 0 Å². The van der Waals surface area contributed by atoms with Crippen molar-refractivity contribution in [2.45, 2.75) is 26.2 Å². The van der Waals surface area contributed by atoms with Gasteiger partial charge in [0.1, 0.15) is 11.3 Å². The minimum Gasteiger partial charge on any atom is -0.508 e. The lowest BCUT2D eigenvalue weighted by molar-refractivity contribution is 0.446. The molecular weight excluding hydrogens is 176 g/mol. The Balaban J connectivity index is 2.71. The SMILES string of the molecule is CC(C)(C)c1cc2ccoc2cc1O. The highest BCUT2D eigenvalue weighted by atomic mass is 16.3.